The van der Waals surface area contributed by atoms with E-state index in [4.69, 9.17) is 0 Å². The number of carbonyl (C=O) groups is 3. The van der Waals surface area contributed by atoms with Gasteiger partial charge >= 0.3 is 0 Å². The number of carbonyl (C=O) groups excluding carboxylic acids is 3. The van der Waals surface area contributed by atoms with Crippen LogP contribution >= 0.6 is 0 Å². The van der Waals surface area contributed by atoms with Gasteiger partial charge in [0.05, 0.1) is 6.54 Å². The lowest BCUT2D eigenvalue weighted by Crippen LogP contribution is -2.23. The SMILES string of the molecule is CC(C)CC(=O)Nc1ccc(NCC(=O)Nc2ccc(C(=O)N(C)C)cc2)cc1. The summed E-state index contributed by atoms with van der Waals surface area (Å²) in [5, 5.41) is 8.66. The van der Waals surface area contributed by atoms with E-state index in [2.05, 4.69) is 16.0 Å². The molecule has 2 aromatic rings. The molecule has 2 rings (SSSR count). The van der Waals surface area contributed by atoms with Crippen molar-refractivity contribution in [1.82, 2.24) is 4.90 Å². The molecule has 0 saturated heterocycles. The average molecular weight is 396 g/mol. The number of benzene rings is 2. The molecule has 2 aromatic carbocycles. The fourth-order valence-corrected chi connectivity index (χ4v) is 2.60. The summed E-state index contributed by atoms with van der Waals surface area (Å²) in [6, 6.07) is 13.9. The summed E-state index contributed by atoms with van der Waals surface area (Å²) in [6.45, 7) is 4.09. The highest BCUT2D eigenvalue weighted by Gasteiger charge is 2.09. The Morgan fingerprint density at radius 2 is 1.28 bits per heavy atom. The van der Waals surface area contributed by atoms with Gasteiger partial charge in [-0.25, -0.2) is 0 Å². The number of nitrogens with one attached hydrogen (secondary N) is 3. The average Bonchev–Trinajstić information content (AvgIpc) is 2.66. The summed E-state index contributed by atoms with van der Waals surface area (Å²) >= 11 is 0. The van der Waals surface area contributed by atoms with Crippen molar-refractivity contribution in [3.63, 3.8) is 0 Å². The lowest BCUT2D eigenvalue weighted by atomic mass is 10.1. The Labute approximate surface area is 171 Å². The van der Waals surface area contributed by atoms with Crippen LogP contribution in [0.15, 0.2) is 48.5 Å². The van der Waals surface area contributed by atoms with Gasteiger partial charge in [-0.1, -0.05) is 13.8 Å². The molecule has 0 saturated carbocycles. The predicted molar refractivity (Wildman–Crippen MR) is 116 cm³/mol. The maximum absolute atomic E-state index is 12.1. The minimum atomic E-state index is -0.203. The van der Waals surface area contributed by atoms with Gasteiger partial charge in [0, 0.05) is 43.1 Å². The second-order valence-corrected chi connectivity index (χ2v) is 7.40. The molecule has 0 aromatic heterocycles. The predicted octanol–water partition coefficient (Wildman–Crippen LogP) is 3.42. The monoisotopic (exact) mass is 396 g/mol. The van der Waals surface area contributed by atoms with E-state index in [0.717, 1.165) is 11.4 Å². The van der Waals surface area contributed by atoms with Crippen LogP contribution in [0.2, 0.25) is 0 Å². The molecule has 0 heterocycles. The Morgan fingerprint density at radius 3 is 1.79 bits per heavy atom. The Kier molecular flexibility index (Phi) is 7.77. The summed E-state index contributed by atoms with van der Waals surface area (Å²) in [5.74, 6) is -0.00287. The highest BCUT2D eigenvalue weighted by Crippen LogP contribution is 2.15. The Hall–Kier alpha value is -3.35. The van der Waals surface area contributed by atoms with Crippen molar-refractivity contribution in [3.8, 4) is 0 Å². The molecule has 0 unspecified atom stereocenters. The molecule has 29 heavy (non-hydrogen) atoms. The third-order valence-corrected chi connectivity index (χ3v) is 4.04. The van der Waals surface area contributed by atoms with Gasteiger partial charge in [0.2, 0.25) is 11.8 Å². The Morgan fingerprint density at radius 1 is 0.793 bits per heavy atom. The Balaban J connectivity index is 1.81. The summed E-state index contributed by atoms with van der Waals surface area (Å²) in [4.78, 5) is 37.3. The van der Waals surface area contributed by atoms with Crippen molar-refractivity contribution in [3.05, 3.63) is 54.1 Å². The van der Waals surface area contributed by atoms with Gasteiger partial charge in [-0.15, -0.1) is 0 Å². The largest absolute Gasteiger partial charge is 0.376 e. The zero-order chi connectivity index (χ0) is 21.4. The molecule has 3 amide bonds. The van der Waals surface area contributed by atoms with Gasteiger partial charge in [0.25, 0.3) is 5.91 Å². The lowest BCUT2D eigenvalue weighted by molar-refractivity contribution is -0.117. The highest BCUT2D eigenvalue weighted by atomic mass is 16.2. The molecule has 0 aliphatic heterocycles. The van der Waals surface area contributed by atoms with E-state index in [-0.39, 0.29) is 24.3 Å². The van der Waals surface area contributed by atoms with Crippen molar-refractivity contribution < 1.29 is 14.4 Å². The molecule has 0 aliphatic carbocycles. The van der Waals surface area contributed by atoms with Crippen LogP contribution in [0.3, 0.4) is 0 Å². The van der Waals surface area contributed by atoms with Crippen molar-refractivity contribution >= 4 is 34.8 Å². The molecule has 7 heteroatoms. The molecule has 0 atom stereocenters. The third-order valence-electron chi connectivity index (χ3n) is 4.04. The standard InChI is InChI=1S/C22H28N4O3/c1-15(2)13-20(27)24-19-11-9-17(10-12-19)23-14-21(28)25-18-7-5-16(6-8-18)22(29)26(3)4/h5-12,15,23H,13-14H2,1-4H3,(H,24,27)(H,25,28). The number of rotatable bonds is 8. The number of amides is 3. The number of hydrogen-bond acceptors (Lipinski definition) is 4. The highest BCUT2D eigenvalue weighted by molar-refractivity contribution is 5.96. The van der Waals surface area contributed by atoms with Crippen LogP contribution in [-0.2, 0) is 9.59 Å². The second kappa shape index (κ2) is 10.3. The molecule has 154 valence electrons. The van der Waals surface area contributed by atoms with Gasteiger partial charge < -0.3 is 20.9 Å². The molecule has 7 nitrogen and oxygen atoms in total. The lowest BCUT2D eigenvalue weighted by Gasteiger charge is -2.12. The summed E-state index contributed by atoms with van der Waals surface area (Å²) in [6.07, 6.45) is 0.477. The van der Waals surface area contributed by atoms with Crippen molar-refractivity contribution in [2.45, 2.75) is 20.3 Å². The first kappa shape index (κ1) is 21.9. The van der Waals surface area contributed by atoms with Crippen molar-refractivity contribution in [2.75, 3.05) is 36.6 Å². The fourth-order valence-electron chi connectivity index (χ4n) is 2.60. The zero-order valence-corrected chi connectivity index (χ0v) is 17.3. The topological polar surface area (TPSA) is 90.5 Å². The second-order valence-electron chi connectivity index (χ2n) is 7.40. The van der Waals surface area contributed by atoms with E-state index in [1.54, 1.807) is 62.6 Å². The van der Waals surface area contributed by atoms with Crippen molar-refractivity contribution in [2.24, 2.45) is 5.92 Å². The van der Waals surface area contributed by atoms with Gasteiger partial charge in [0.15, 0.2) is 0 Å². The van der Waals surface area contributed by atoms with Crippen LogP contribution < -0.4 is 16.0 Å². The normalized spacial score (nSPS) is 10.4. The van der Waals surface area contributed by atoms with E-state index in [1.807, 2.05) is 13.8 Å². The molecular weight excluding hydrogens is 368 g/mol. The van der Waals surface area contributed by atoms with Gasteiger partial charge in [-0.2, -0.15) is 0 Å². The van der Waals surface area contributed by atoms with E-state index >= 15 is 0 Å². The van der Waals surface area contributed by atoms with Gasteiger partial charge in [0.1, 0.15) is 0 Å². The molecule has 0 radical (unpaired) electrons. The molecule has 0 spiro atoms. The quantitative estimate of drug-likeness (QED) is 0.638. The first-order valence-electron chi connectivity index (χ1n) is 9.50. The number of hydrogen-bond donors (Lipinski definition) is 3. The van der Waals surface area contributed by atoms with Gasteiger partial charge in [-0.05, 0) is 54.4 Å². The molecule has 0 fully saturated rings. The van der Waals surface area contributed by atoms with Gasteiger partial charge in [-0.3, -0.25) is 14.4 Å². The van der Waals surface area contributed by atoms with E-state index < -0.39 is 0 Å². The number of anilines is 3. The fraction of sp³-hybridized carbons (Fsp3) is 0.318. The molecule has 0 bridgehead atoms. The molecular formula is C22H28N4O3. The zero-order valence-electron chi connectivity index (χ0n) is 17.3. The van der Waals surface area contributed by atoms with E-state index in [1.165, 1.54) is 4.90 Å². The van der Waals surface area contributed by atoms with E-state index in [9.17, 15) is 14.4 Å². The molecule has 0 aliphatic rings. The maximum atomic E-state index is 12.1. The van der Waals surface area contributed by atoms with Crippen molar-refractivity contribution in [1.29, 1.82) is 0 Å². The van der Waals surface area contributed by atoms with Crippen LogP contribution in [0.5, 0.6) is 0 Å². The smallest absolute Gasteiger partial charge is 0.253 e. The third kappa shape index (κ3) is 7.29. The van der Waals surface area contributed by atoms with Crippen LogP contribution in [0, 0.1) is 5.92 Å². The summed E-state index contributed by atoms with van der Waals surface area (Å²) < 4.78 is 0. The maximum Gasteiger partial charge on any atom is 0.253 e. The number of nitrogens with zero attached hydrogens (tertiary/aromatic N) is 1. The van der Waals surface area contributed by atoms with Crippen LogP contribution in [0.25, 0.3) is 0 Å². The molecule has 3 N–H and O–H groups in total. The first-order valence-corrected chi connectivity index (χ1v) is 9.50. The minimum absolute atomic E-state index is 0.0154. The summed E-state index contributed by atoms with van der Waals surface area (Å²) in [7, 11) is 3.38. The first-order chi connectivity index (χ1) is 13.7. The summed E-state index contributed by atoms with van der Waals surface area (Å²) in [5.41, 5.74) is 2.67. The minimum Gasteiger partial charge on any atom is -0.376 e. The van der Waals surface area contributed by atoms with Crippen LogP contribution in [-0.4, -0.2) is 43.3 Å². The van der Waals surface area contributed by atoms with E-state index in [0.29, 0.717) is 23.6 Å². The Bertz CT molecular complexity index is 843. The van der Waals surface area contributed by atoms with Crippen LogP contribution in [0.4, 0.5) is 17.1 Å². The van der Waals surface area contributed by atoms with Crippen LogP contribution in [0.1, 0.15) is 30.6 Å².